The van der Waals surface area contributed by atoms with E-state index in [1.807, 2.05) is 0 Å². The third-order valence-corrected chi connectivity index (χ3v) is 4.39. The van der Waals surface area contributed by atoms with Crippen LogP contribution in [0.4, 0.5) is 11.4 Å². The monoisotopic (exact) mass is 315 g/mol. The molecule has 0 spiro atoms. The minimum Gasteiger partial charge on any atom is -0.341 e. The van der Waals surface area contributed by atoms with Crippen LogP contribution in [0.2, 0.25) is 0 Å². The maximum absolute atomic E-state index is 3.56. The SMILES string of the molecule is BrCc1ccc2c(c1)N(c1ccccc1)CCCC2. The lowest BCUT2D eigenvalue weighted by Crippen LogP contribution is -2.17. The molecule has 0 aliphatic carbocycles. The summed E-state index contributed by atoms with van der Waals surface area (Å²) in [6.07, 6.45) is 3.73. The first-order chi connectivity index (χ1) is 9.38. The normalized spacial score (nSPS) is 14.9. The van der Waals surface area contributed by atoms with E-state index in [4.69, 9.17) is 0 Å². The fraction of sp³-hybridized carbons (Fsp3) is 0.294. The molecule has 0 N–H and O–H groups in total. The standard InChI is InChI=1S/C17H18BrN/c18-13-14-9-10-15-6-4-5-11-19(17(15)12-14)16-7-2-1-3-8-16/h1-3,7-10,12H,4-6,11,13H2. The maximum atomic E-state index is 3.56. The van der Waals surface area contributed by atoms with Crippen LogP contribution in [0, 0.1) is 0 Å². The molecule has 1 aliphatic rings. The number of anilines is 2. The fourth-order valence-electron chi connectivity index (χ4n) is 2.74. The number of hydrogen-bond donors (Lipinski definition) is 0. The van der Waals surface area contributed by atoms with Crippen LogP contribution < -0.4 is 4.90 Å². The predicted molar refractivity (Wildman–Crippen MR) is 85.5 cm³/mol. The molecule has 98 valence electrons. The molecule has 1 nitrogen and oxygen atoms in total. The van der Waals surface area contributed by atoms with Crippen LogP contribution in [0.1, 0.15) is 24.0 Å². The molecule has 0 fully saturated rings. The number of aryl methyl sites for hydroxylation is 1. The molecule has 0 radical (unpaired) electrons. The molecule has 19 heavy (non-hydrogen) atoms. The van der Waals surface area contributed by atoms with Crippen molar-refractivity contribution in [2.45, 2.75) is 24.6 Å². The highest BCUT2D eigenvalue weighted by Crippen LogP contribution is 2.33. The van der Waals surface area contributed by atoms with Crippen LogP contribution in [-0.4, -0.2) is 6.54 Å². The predicted octanol–water partition coefficient (Wildman–Crippen LogP) is 5.06. The number of alkyl halides is 1. The van der Waals surface area contributed by atoms with Gasteiger partial charge in [-0.25, -0.2) is 0 Å². The Morgan fingerprint density at radius 3 is 2.63 bits per heavy atom. The fourth-order valence-corrected chi connectivity index (χ4v) is 3.09. The van der Waals surface area contributed by atoms with Gasteiger partial charge in [0.05, 0.1) is 0 Å². The Labute approximate surface area is 123 Å². The average Bonchev–Trinajstić information content (AvgIpc) is 2.69. The third-order valence-electron chi connectivity index (χ3n) is 3.74. The lowest BCUT2D eigenvalue weighted by molar-refractivity contribution is 0.761. The highest BCUT2D eigenvalue weighted by molar-refractivity contribution is 9.08. The number of hydrogen-bond acceptors (Lipinski definition) is 1. The second-order valence-electron chi connectivity index (χ2n) is 5.04. The van der Waals surface area contributed by atoms with Crippen molar-refractivity contribution >= 4 is 27.3 Å². The molecule has 0 aromatic heterocycles. The molecule has 2 aromatic carbocycles. The van der Waals surface area contributed by atoms with Crippen LogP contribution >= 0.6 is 15.9 Å². The van der Waals surface area contributed by atoms with Crippen molar-refractivity contribution in [1.29, 1.82) is 0 Å². The molecule has 2 heteroatoms. The second-order valence-corrected chi connectivity index (χ2v) is 5.60. The van der Waals surface area contributed by atoms with Gasteiger partial charge in [-0.15, -0.1) is 0 Å². The van der Waals surface area contributed by atoms with Gasteiger partial charge in [0.25, 0.3) is 0 Å². The highest BCUT2D eigenvalue weighted by Gasteiger charge is 2.16. The van der Waals surface area contributed by atoms with E-state index >= 15 is 0 Å². The minimum atomic E-state index is 0.920. The van der Waals surface area contributed by atoms with Gasteiger partial charge in [-0.3, -0.25) is 0 Å². The Morgan fingerprint density at radius 2 is 1.84 bits per heavy atom. The van der Waals surface area contributed by atoms with Crippen molar-refractivity contribution in [3.05, 3.63) is 59.7 Å². The van der Waals surface area contributed by atoms with E-state index < -0.39 is 0 Å². The van der Waals surface area contributed by atoms with Gasteiger partial charge in [0.2, 0.25) is 0 Å². The number of fused-ring (bicyclic) bond motifs is 1. The summed E-state index contributed by atoms with van der Waals surface area (Å²) in [5.74, 6) is 0. The second kappa shape index (κ2) is 5.79. The molecule has 0 bridgehead atoms. The van der Waals surface area contributed by atoms with E-state index in [-0.39, 0.29) is 0 Å². The van der Waals surface area contributed by atoms with E-state index in [0.29, 0.717) is 0 Å². The molecule has 1 aliphatic heterocycles. The highest BCUT2D eigenvalue weighted by atomic mass is 79.9. The van der Waals surface area contributed by atoms with E-state index in [0.717, 1.165) is 11.9 Å². The summed E-state index contributed by atoms with van der Waals surface area (Å²) in [5.41, 5.74) is 5.52. The third kappa shape index (κ3) is 2.69. The first-order valence-electron chi connectivity index (χ1n) is 6.89. The number of benzene rings is 2. The molecule has 3 rings (SSSR count). The Hall–Kier alpha value is -1.28. The summed E-state index contributed by atoms with van der Waals surface area (Å²) in [6.45, 7) is 1.11. The lowest BCUT2D eigenvalue weighted by atomic mass is 10.1. The van der Waals surface area contributed by atoms with E-state index in [1.165, 1.54) is 41.8 Å². The molecule has 0 unspecified atom stereocenters. The quantitative estimate of drug-likeness (QED) is 0.700. The van der Waals surface area contributed by atoms with Gasteiger partial charge in [0.15, 0.2) is 0 Å². The Balaban J connectivity index is 2.07. The zero-order valence-electron chi connectivity index (χ0n) is 11.0. The number of para-hydroxylation sites is 1. The zero-order chi connectivity index (χ0) is 13.1. The van der Waals surface area contributed by atoms with Gasteiger partial charge in [-0.2, -0.15) is 0 Å². The summed E-state index contributed by atoms with van der Waals surface area (Å²) < 4.78 is 0. The number of rotatable bonds is 2. The van der Waals surface area contributed by atoms with Gasteiger partial charge in [-0.1, -0.05) is 46.3 Å². The molecule has 2 aromatic rings. The largest absolute Gasteiger partial charge is 0.341 e. The summed E-state index contributed by atoms with van der Waals surface area (Å²) in [4.78, 5) is 2.47. The van der Waals surface area contributed by atoms with Gasteiger partial charge >= 0.3 is 0 Å². The van der Waals surface area contributed by atoms with Crippen molar-refractivity contribution in [2.24, 2.45) is 0 Å². The van der Waals surface area contributed by atoms with Crippen LogP contribution in [-0.2, 0) is 11.8 Å². The van der Waals surface area contributed by atoms with Crippen LogP contribution in [0.25, 0.3) is 0 Å². The molecular formula is C17H18BrN. The van der Waals surface area contributed by atoms with Crippen molar-refractivity contribution < 1.29 is 0 Å². The van der Waals surface area contributed by atoms with Crippen molar-refractivity contribution in [3.8, 4) is 0 Å². The summed E-state index contributed by atoms with van der Waals surface area (Å²) in [6, 6.07) is 17.6. The average molecular weight is 316 g/mol. The van der Waals surface area contributed by atoms with Crippen molar-refractivity contribution in [1.82, 2.24) is 0 Å². The number of halogens is 1. The molecule has 0 saturated heterocycles. The van der Waals surface area contributed by atoms with Gasteiger partial charge in [0, 0.05) is 23.2 Å². The summed E-state index contributed by atoms with van der Waals surface area (Å²) >= 11 is 3.56. The Bertz CT molecular complexity index is 550. The topological polar surface area (TPSA) is 3.24 Å². The first-order valence-corrected chi connectivity index (χ1v) is 8.01. The molecule has 1 heterocycles. The van der Waals surface area contributed by atoms with E-state index in [1.54, 1.807) is 0 Å². The summed E-state index contributed by atoms with van der Waals surface area (Å²) in [7, 11) is 0. The van der Waals surface area contributed by atoms with Crippen LogP contribution in [0.15, 0.2) is 48.5 Å². The van der Waals surface area contributed by atoms with E-state index in [9.17, 15) is 0 Å². The van der Waals surface area contributed by atoms with Crippen molar-refractivity contribution in [2.75, 3.05) is 11.4 Å². The maximum Gasteiger partial charge on any atom is 0.0446 e. The van der Waals surface area contributed by atoms with Gasteiger partial charge < -0.3 is 4.90 Å². The smallest absolute Gasteiger partial charge is 0.0446 e. The number of nitrogens with zero attached hydrogens (tertiary/aromatic N) is 1. The zero-order valence-corrected chi connectivity index (χ0v) is 12.6. The molecule has 0 atom stereocenters. The van der Waals surface area contributed by atoms with Crippen molar-refractivity contribution in [3.63, 3.8) is 0 Å². The van der Waals surface area contributed by atoms with Crippen LogP contribution in [0.5, 0.6) is 0 Å². The molecule has 0 amide bonds. The minimum absolute atomic E-state index is 0.920. The first kappa shape index (κ1) is 12.7. The molecule has 0 saturated carbocycles. The Morgan fingerprint density at radius 1 is 1.00 bits per heavy atom. The Kier molecular flexibility index (Phi) is 3.88. The lowest BCUT2D eigenvalue weighted by Gasteiger charge is -2.25. The summed E-state index contributed by atoms with van der Waals surface area (Å²) in [5, 5.41) is 0.920. The van der Waals surface area contributed by atoms with E-state index in [2.05, 4.69) is 69.4 Å². The van der Waals surface area contributed by atoms with Gasteiger partial charge in [0.1, 0.15) is 0 Å². The van der Waals surface area contributed by atoms with Crippen LogP contribution in [0.3, 0.4) is 0 Å². The molecular weight excluding hydrogens is 298 g/mol. The van der Waals surface area contributed by atoms with Gasteiger partial charge in [-0.05, 0) is 48.6 Å².